The van der Waals surface area contributed by atoms with Crippen LogP contribution in [0.2, 0.25) is 0 Å². The average Bonchev–Trinajstić information content (AvgIpc) is 2.65. The molecule has 2 aromatic carbocycles. The van der Waals surface area contributed by atoms with Crippen molar-refractivity contribution in [3.05, 3.63) is 53.6 Å². The Balaban J connectivity index is 2.58. The van der Waals surface area contributed by atoms with Gasteiger partial charge in [0, 0.05) is 0 Å². The van der Waals surface area contributed by atoms with Gasteiger partial charge in [-0.1, -0.05) is 6.07 Å². The lowest BCUT2D eigenvalue weighted by molar-refractivity contribution is -0.141. The summed E-state index contributed by atoms with van der Waals surface area (Å²) in [5.41, 5.74) is -0.833. The van der Waals surface area contributed by atoms with Crippen LogP contribution in [-0.4, -0.2) is 34.6 Å². The fourth-order valence-corrected chi connectivity index (χ4v) is 4.10. The zero-order chi connectivity index (χ0) is 21.8. The summed E-state index contributed by atoms with van der Waals surface area (Å²) < 4.78 is 76.1. The van der Waals surface area contributed by atoms with Crippen molar-refractivity contribution in [2.24, 2.45) is 0 Å². The third-order valence-electron chi connectivity index (χ3n) is 3.99. The normalized spacial score (nSPS) is 11.8. The Morgan fingerprint density at radius 1 is 1.14 bits per heavy atom. The molecule has 0 saturated carbocycles. The van der Waals surface area contributed by atoms with Crippen LogP contribution in [0.5, 0.6) is 5.75 Å². The largest absolute Gasteiger partial charge is 0.496 e. The molecule has 0 aliphatic heterocycles. The Morgan fingerprint density at radius 2 is 1.83 bits per heavy atom. The smallest absolute Gasteiger partial charge is 0.416 e. The molecular weight excluding hydrogens is 411 g/mol. The van der Waals surface area contributed by atoms with Crippen LogP contribution in [0.3, 0.4) is 0 Å². The third kappa shape index (κ3) is 5.20. The molecule has 0 spiro atoms. The van der Waals surface area contributed by atoms with Gasteiger partial charge in [0.2, 0.25) is 0 Å². The van der Waals surface area contributed by atoms with Gasteiger partial charge in [-0.2, -0.15) is 13.2 Å². The predicted octanol–water partition coefficient (Wildman–Crippen LogP) is 3.78. The highest BCUT2D eigenvalue weighted by atomic mass is 32.2. The number of anilines is 1. The molecule has 0 amide bonds. The number of rotatable bonds is 7. The summed E-state index contributed by atoms with van der Waals surface area (Å²) in [5.74, 6) is -0.446. The molecule has 2 rings (SSSR count). The summed E-state index contributed by atoms with van der Waals surface area (Å²) >= 11 is 0. The zero-order valence-electron chi connectivity index (χ0n) is 16.0. The molecule has 0 atom stereocenters. The third-order valence-corrected chi connectivity index (χ3v) is 5.76. The Hall–Kier alpha value is -2.75. The second kappa shape index (κ2) is 8.73. The average molecular weight is 431 g/mol. The van der Waals surface area contributed by atoms with Crippen LogP contribution in [-0.2, 0) is 25.7 Å². The second-order valence-corrected chi connectivity index (χ2v) is 7.86. The van der Waals surface area contributed by atoms with Crippen molar-refractivity contribution >= 4 is 21.7 Å². The minimum atomic E-state index is -4.67. The van der Waals surface area contributed by atoms with Gasteiger partial charge in [-0.05, 0) is 55.8 Å². The van der Waals surface area contributed by atoms with Gasteiger partial charge in [0.15, 0.2) is 0 Å². The van der Waals surface area contributed by atoms with Gasteiger partial charge in [0.1, 0.15) is 12.3 Å². The summed E-state index contributed by atoms with van der Waals surface area (Å²) in [6, 6.07) is 7.75. The Labute approximate surface area is 166 Å². The molecule has 0 bridgehead atoms. The van der Waals surface area contributed by atoms with Gasteiger partial charge >= 0.3 is 12.1 Å². The monoisotopic (exact) mass is 431 g/mol. The molecule has 0 aromatic heterocycles. The van der Waals surface area contributed by atoms with E-state index in [1.54, 1.807) is 6.92 Å². The van der Waals surface area contributed by atoms with Crippen LogP contribution in [0.15, 0.2) is 47.4 Å². The Morgan fingerprint density at radius 3 is 2.38 bits per heavy atom. The molecule has 0 radical (unpaired) electrons. The van der Waals surface area contributed by atoms with E-state index >= 15 is 0 Å². The molecule has 0 unspecified atom stereocenters. The number of alkyl halides is 3. The van der Waals surface area contributed by atoms with Gasteiger partial charge < -0.3 is 9.47 Å². The number of carbonyl (C=O) groups is 1. The molecule has 2 aromatic rings. The molecule has 0 saturated heterocycles. The van der Waals surface area contributed by atoms with Crippen molar-refractivity contribution in [3.63, 3.8) is 0 Å². The number of aryl methyl sites for hydroxylation is 1. The Kier molecular flexibility index (Phi) is 6.78. The van der Waals surface area contributed by atoms with E-state index < -0.39 is 34.3 Å². The lowest BCUT2D eigenvalue weighted by Crippen LogP contribution is -2.36. The standard InChI is InChI=1S/C19H20F3NO5S/c1-4-28-18(24)12-23(15-7-5-6-14(11-15)19(20,21)22)29(25,26)16-8-9-17(27-3)13(2)10-16/h5-11H,4,12H2,1-3H3. The van der Waals surface area contributed by atoms with Crippen LogP contribution in [0.1, 0.15) is 18.1 Å². The number of hydrogen-bond donors (Lipinski definition) is 0. The van der Waals surface area contributed by atoms with Crippen molar-refractivity contribution in [2.75, 3.05) is 24.6 Å². The zero-order valence-corrected chi connectivity index (χ0v) is 16.8. The maximum absolute atomic E-state index is 13.2. The number of ether oxygens (including phenoxy) is 2. The summed E-state index contributed by atoms with van der Waals surface area (Å²) in [5, 5.41) is 0. The highest BCUT2D eigenvalue weighted by Crippen LogP contribution is 2.33. The van der Waals surface area contributed by atoms with E-state index in [2.05, 4.69) is 0 Å². The number of esters is 1. The molecule has 0 N–H and O–H groups in total. The van der Waals surface area contributed by atoms with E-state index in [1.807, 2.05) is 0 Å². The first-order valence-corrected chi connectivity index (χ1v) is 9.95. The molecule has 6 nitrogen and oxygen atoms in total. The van der Waals surface area contributed by atoms with Crippen LogP contribution >= 0.6 is 0 Å². The van der Waals surface area contributed by atoms with Crippen molar-refractivity contribution in [1.29, 1.82) is 0 Å². The molecule has 0 aliphatic rings. The number of methoxy groups -OCH3 is 1. The van der Waals surface area contributed by atoms with Crippen LogP contribution in [0.4, 0.5) is 18.9 Å². The number of sulfonamides is 1. The highest BCUT2D eigenvalue weighted by molar-refractivity contribution is 7.92. The topological polar surface area (TPSA) is 72.9 Å². The molecule has 10 heteroatoms. The van der Waals surface area contributed by atoms with E-state index in [9.17, 15) is 26.4 Å². The van der Waals surface area contributed by atoms with Gasteiger partial charge in [0.05, 0.1) is 29.9 Å². The minimum Gasteiger partial charge on any atom is -0.496 e. The number of nitrogens with zero attached hydrogens (tertiary/aromatic N) is 1. The number of benzene rings is 2. The summed E-state index contributed by atoms with van der Waals surface area (Å²) in [7, 11) is -2.94. The number of halogens is 3. The lowest BCUT2D eigenvalue weighted by Gasteiger charge is -2.24. The van der Waals surface area contributed by atoms with Crippen molar-refractivity contribution in [3.8, 4) is 5.75 Å². The van der Waals surface area contributed by atoms with Crippen LogP contribution in [0.25, 0.3) is 0 Å². The van der Waals surface area contributed by atoms with Gasteiger partial charge in [-0.25, -0.2) is 8.42 Å². The molecule has 29 heavy (non-hydrogen) atoms. The Bertz CT molecular complexity index is 990. The van der Waals surface area contributed by atoms with Gasteiger partial charge in [-0.15, -0.1) is 0 Å². The van der Waals surface area contributed by atoms with Gasteiger partial charge in [0.25, 0.3) is 10.0 Å². The summed E-state index contributed by atoms with van der Waals surface area (Å²) in [6.45, 7) is 2.38. The fourth-order valence-electron chi connectivity index (χ4n) is 2.61. The first kappa shape index (κ1) is 22.5. The van der Waals surface area contributed by atoms with Gasteiger partial charge in [-0.3, -0.25) is 9.10 Å². The van der Waals surface area contributed by atoms with Crippen molar-refractivity contribution in [2.45, 2.75) is 24.9 Å². The van der Waals surface area contributed by atoms with E-state index in [0.717, 1.165) is 12.1 Å². The van der Waals surface area contributed by atoms with E-state index in [0.29, 0.717) is 21.7 Å². The number of carbonyl (C=O) groups excluding carboxylic acids is 1. The minimum absolute atomic E-state index is 0.00302. The van der Waals surface area contributed by atoms with E-state index in [-0.39, 0.29) is 17.2 Å². The molecule has 158 valence electrons. The first-order chi connectivity index (χ1) is 13.5. The molecule has 0 fully saturated rings. The van der Waals surface area contributed by atoms with E-state index in [4.69, 9.17) is 9.47 Å². The molecule has 0 aliphatic carbocycles. The SMILES string of the molecule is CCOC(=O)CN(c1cccc(C(F)(F)F)c1)S(=O)(=O)c1ccc(OC)c(C)c1. The first-order valence-electron chi connectivity index (χ1n) is 8.51. The second-order valence-electron chi connectivity index (χ2n) is 6.00. The maximum atomic E-state index is 13.2. The summed E-state index contributed by atoms with van der Waals surface area (Å²) in [6.07, 6.45) is -4.67. The quantitative estimate of drug-likeness (QED) is 0.624. The molecular formula is C19H20F3NO5S. The lowest BCUT2D eigenvalue weighted by atomic mass is 10.2. The predicted molar refractivity (Wildman–Crippen MR) is 100 cm³/mol. The summed E-state index contributed by atoms with van der Waals surface area (Å²) in [4.78, 5) is 11.8. The van der Waals surface area contributed by atoms with E-state index in [1.165, 1.54) is 38.3 Å². The van der Waals surface area contributed by atoms with Crippen LogP contribution < -0.4 is 9.04 Å². The molecule has 0 heterocycles. The van der Waals surface area contributed by atoms with Crippen molar-refractivity contribution < 1.29 is 35.9 Å². The number of hydrogen-bond acceptors (Lipinski definition) is 5. The maximum Gasteiger partial charge on any atom is 0.416 e. The fraction of sp³-hybridized carbons (Fsp3) is 0.316. The van der Waals surface area contributed by atoms with Crippen molar-refractivity contribution in [1.82, 2.24) is 0 Å². The van der Waals surface area contributed by atoms with Crippen LogP contribution in [0, 0.1) is 6.92 Å². The highest BCUT2D eigenvalue weighted by Gasteiger charge is 2.33.